The average Bonchev–Trinajstić information content (AvgIpc) is 3.59. The number of hydrogen-bond donors (Lipinski definition) is 0. The number of methoxy groups -OCH3 is 2. The van der Waals surface area contributed by atoms with Crippen LogP contribution in [0.4, 0.5) is 0 Å². The Labute approximate surface area is 329 Å². The number of ether oxygens (including phenoxy) is 4. The molecule has 0 fully saturated rings. The van der Waals surface area contributed by atoms with Crippen molar-refractivity contribution < 1.29 is 28.5 Å². The fourth-order valence-corrected chi connectivity index (χ4v) is 7.16. The van der Waals surface area contributed by atoms with Crippen molar-refractivity contribution in [1.82, 2.24) is 9.55 Å². The molecule has 1 aromatic carbocycles. The van der Waals surface area contributed by atoms with Crippen molar-refractivity contribution in [2.45, 2.75) is 158 Å². The molecule has 1 heterocycles. The van der Waals surface area contributed by atoms with Gasteiger partial charge in [-0.15, -0.1) is 0 Å². The molecule has 1 aromatic heterocycles. The quantitative estimate of drug-likeness (QED) is 0.0464. The Bertz CT molecular complexity index is 1280. The molecule has 0 aliphatic rings. The molecule has 2 aromatic rings. The monoisotopic (exact) mass is 755 g/mol. The molecule has 0 saturated heterocycles. The van der Waals surface area contributed by atoms with Gasteiger partial charge in [-0.25, -0.2) is 4.98 Å². The summed E-state index contributed by atoms with van der Waals surface area (Å²) in [5, 5.41) is 0. The smallest absolute Gasteiger partial charge is 0.322 e. The van der Waals surface area contributed by atoms with Crippen molar-refractivity contribution in [1.29, 1.82) is 0 Å². The van der Waals surface area contributed by atoms with Gasteiger partial charge in [-0.3, -0.25) is 9.59 Å². The molecule has 0 saturated carbocycles. The molecule has 54 heavy (non-hydrogen) atoms. The summed E-state index contributed by atoms with van der Waals surface area (Å²) in [5.41, 5.74) is 0.670. The van der Waals surface area contributed by atoms with E-state index in [4.69, 9.17) is 23.9 Å². The van der Waals surface area contributed by atoms with Crippen LogP contribution in [0.2, 0.25) is 0 Å². The zero-order chi connectivity index (χ0) is 40.0. The lowest BCUT2D eigenvalue weighted by atomic mass is 9.88. The highest BCUT2D eigenvalue weighted by molar-refractivity contribution is 5.96. The standard InChI is InChI=1S/C46H78N2O6/c1-12-13-14-15-16-17-18-19-20-21-42-47-28-29-48(42)44(40-27-26-39(51-10)30-41(40)52-11)43(45(49)53-31-37(35(6)7)24-22-33(2)3)46(50)54-32-38(36(8)9)25-23-34(4)5/h26-30,33-38,43-44H,12-25,31-32H2,1-11H3. The van der Waals surface area contributed by atoms with E-state index in [9.17, 15) is 9.59 Å². The third-order valence-corrected chi connectivity index (χ3v) is 11.1. The summed E-state index contributed by atoms with van der Waals surface area (Å²) in [7, 11) is 3.21. The van der Waals surface area contributed by atoms with E-state index in [0.717, 1.165) is 50.8 Å². The first-order valence-electron chi connectivity index (χ1n) is 21.4. The average molecular weight is 755 g/mol. The Hall–Kier alpha value is -3.03. The summed E-state index contributed by atoms with van der Waals surface area (Å²) in [6.45, 7) is 20.3. The zero-order valence-electron chi connectivity index (χ0n) is 36.2. The molecule has 0 amide bonds. The molecular weight excluding hydrogens is 677 g/mol. The first-order chi connectivity index (χ1) is 25.8. The van der Waals surface area contributed by atoms with Crippen molar-refractivity contribution in [3.8, 4) is 11.5 Å². The highest BCUT2D eigenvalue weighted by Crippen LogP contribution is 2.39. The predicted octanol–water partition coefficient (Wildman–Crippen LogP) is 11.7. The van der Waals surface area contributed by atoms with Gasteiger partial charge in [-0.1, -0.05) is 127 Å². The minimum Gasteiger partial charge on any atom is -0.497 e. The fourth-order valence-electron chi connectivity index (χ4n) is 7.16. The summed E-state index contributed by atoms with van der Waals surface area (Å²) in [6, 6.07) is 4.73. The lowest BCUT2D eigenvalue weighted by Gasteiger charge is -2.30. The van der Waals surface area contributed by atoms with Crippen LogP contribution in [0.5, 0.6) is 11.5 Å². The Morgan fingerprint density at radius 3 is 1.67 bits per heavy atom. The molecule has 0 aliphatic carbocycles. The molecule has 3 atom stereocenters. The maximum atomic E-state index is 14.6. The van der Waals surface area contributed by atoms with E-state index in [1.807, 2.05) is 22.9 Å². The number of hydrogen-bond acceptors (Lipinski definition) is 7. The summed E-state index contributed by atoms with van der Waals surface area (Å²) < 4.78 is 25.8. The van der Waals surface area contributed by atoms with Crippen molar-refractivity contribution in [3.63, 3.8) is 0 Å². The number of unbranched alkanes of at least 4 members (excludes halogenated alkanes) is 8. The van der Waals surface area contributed by atoms with Gasteiger partial charge in [0.25, 0.3) is 0 Å². The lowest BCUT2D eigenvalue weighted by Crippen LogP contribution is -2.38. The summed E-state index contributed by atoms with van der Waals surface area (Å²) >= 11 is 0. The highest BCUT2D eigenvalue weighted by Gasteiger charge is 2.42. The van der Waals surface area contributed by atoms with Crippen LogP contribution in [-0.2, 0) is 25.5 Å². The van der Waals surface area contributed by atoms with Crippen LogP contribution in [-0.4, -0.2) is 48.9 Å². The van der Waals surface area contributed by atoms with Crippen LogP contribution in [0.3, 0.4) is 0 Å². The number of imidazole rings is 1. The number of nitrogens with zero attached hydrogens (tertiary/aromatic N) is 2. The number of aromatic nitrogens is 2. The third kappa shape index (κ3) is 16.4. The second kappa shape index (κ2) is 25.9. The molecule has 8 nitrogen and oxygen atoms in total. The molecule has 2 rings (SSSR count). The normalized spacial score (nSPS) is 14.1. The van der Waals surface area contributed by atoms with Gasteiger partial charge in [-0.2, -0.15) is 0 Å². The largest absolute Gasteiger partial charge is 0.497 e. The molecule has 0 aliphatic heterocycles. The molecular formula is C46H78N2O6. The molecule has 0 spiro atoms. The number of esters is 2. The van der Waals surface area contributed by atoms with Crippen LogP contribution in [0, 0.1) is 41.4 Å². The fraction of sp³-hybridized carbons (Fsp3) is 0.761. The van der Waals surface area contributed by atoms with E-state index < -0.39 is 23.9 Å². The van der Waals surface area contributed by atoms with E-state index in [0.29, 0.717) is 40.7 Å². The second-order valence-corrected chi connectivity index (χ2v) is 17.1. The van der Waals surface area contributed by atoms with E-state index in [-0.39, 0.29) is 25.0 Å². The number of rotatable bonds is 29. The van der Waals surface area contributed by atoms with Gasteiger partial charge in [0.1, 0.15) is 17.3 Å². The van der Waals surface area contributed by atoms with Gasteiger partial charge in [0.05, 0.1) is 33.5 Å². The van der Waals surface area contributed by atoms with Crippen molar-refractivity contribution >= 4 is 11.9 Å². The molecule has 8 heteroatoms. The van der Waals surface area contributed by atoms with Gasteiger partial charge in [-0.05, 0) is 66.9 Å². The van der Waals surface area contributed by atoms with E-state index in [1.54, 1.807) is 26.5 Å². The maximum Gasteiger partial charge on any atom is 0.322 e. The first kappa shape index (κ1) is 47.1. The molecule has 0 N–H and O–H groups in total. The van der Waals surface area contributed by atoms with Gasteiger partial charge in [0.15, 0.2) is 5.92 Å². The van der Waals surface area contributed by atoms with Gasteiger partial charge in [0.2, 0.25) is 0 Å². The Kier molecular flexibility index (Phi) is 22.6. The maximum absolute atomic E-state index is 14.6. The Morgan fingerprint density at radius 2 is 1.20 bits per heavy atom. The van der Waals surface area contributed by atoms with Crippen molar-refractivity contribution in [2.24, 2.45) is 41.4 Å². The summed E-state index contributed by atoms with van der Waals surface area (Å²) in [5.74, 6) is 1.62. The summed E-state index contributed by atoms with van der Waals surface area (Å²) in [4.78, 5) is 34.0. The zero-order valence-corrected chi connectivity index (χ0v) is 36.2. The number of benzene rings is 1. The number of carbonyl (C=O) groups excluding carboxylic acids is 2. The lowest BCUT2D eigenvalue weighted by molar-refractivity contribution is -0.166. The minimum atomic E-state index is -1.28. The molecule has 308 valence electrons. The third-order valence-electron chi connectivity index (χ3n) is 11.1. The topological polar surface area (TPSA) is 88.9 Å². The first-order valence-corrected chi connectivity index (χ1v) is 21.4. The van der Waals surface area contributed by atoms with Crippen LogP contribution in [0.25, 0.3) is 0 Å². The van der Waals surface area contributed by atoms with E-state index in [2.05, 4.69) is 62.3 Å². The molecule has 0 radical (unpaired) electrons. The number of aryl methyl sites for hydroxylation is 1. The minimum absolute atomic E-state index is 0.179. The van der Waals surface area contributed by atoms with E-state index >= 15 is 0 Å². The molecule has 3 unspecified atom stereocenters. The SMILES string of the molecule is CCCCCCCCCCCc1nccn1C(c1ccc(OC)cc1OC)C(C(=O)OCC(CCC(C)C)C(C)C)C(=O)OCC(CCC(C)C)C(C)C. The Morgan fingerprint density at radius 1 is 0.685 bits per heavy atom. The Balaban J connectivity index is 2.55. The second-order valence-electron chi connectivity index (χ2n) is 17.1. The van der Waals surface area contributed by atoms with Crippen LogP contribution in [0.1, 0.15) is 163 Å². The molecule has 0 bridgehead atoms. The van der Waals surface area contributed by atoms with Gasteiger partial charge < -0.3 is 23.5 Å². The van der Waals surface area contributed by atoms with Gasteiger partial charge >= 0.3 is 11.9 Å². The predicted molar refractivity (Wildman–Crippen MR) is 221 cm³/mol. The van der Waals surface area contributed by atoms with Crippen LogP contribution < -0.4 is 9.47 Å². The van der Waals surface area contributed by atoms with E-state index in [1.165, 1.54) is 44.9 Å². The van der Waals surface area contributed by atoms with Crippen LogP contribution in [0.15, 0.2) is 30.6 Å². The van der Waals surface area contributed by atoms with Crippen LogP contribution >= 0.6 is 0 Å². The van der Waals surface area contributed by atoms with Crippen molar-refractivity contribution in [2.75, 3.05) is 27.4 Å². The summed E-state index contributed by atoms with van der Waals surface area (Å²) in [6.07, 6.45) is 19.3. The van der Waals surface area contributed by atoms with Crippen molar-refractivity contribution in [3.05, 3.63) is 42.0 Å². The van der Waals surface area contributed by atoms with Gasteiger partial charge in [0, 0.05) is 30.4 Å². The highest BCUT2D eigenvalue weighted by atomic mass is 16.6. The number of carbonyl (C=O) groups is 2.